The number of β-lactam (4-membered cyclic amide) rings is 1. The van der Waals surface area contributed by atoms with Crippen molar-refractivity contribution < 1.29 is 28.8 Å². The topological polar surface area (TPSA) is 192 Å². The number of oxime groups is 1. The van der Waals surface area contributed by atoms with Crippen molar-refractivity contribution in [2.75, 3.05) is 39.2 Å². The molecule has 0 radical (unpaired) electrons. The lowest BCUT2D eigenvalue weighted by atomic mass is 10.0. The predicted octanol–water partition coefficient (Wildman–Crippen LogP) is -1.57. The zero-order valence-corrected chi connectivity index (χ0v) is 21.8. The number of likely N-dealkylation sites (N-methyl/N-ethyl adjacent to an activating group) is 1. The lowest BCUT2D eigenvalue weighted by Gasteiger charge is -2.50. The van der Waals surface area contributed by atoms with E-state index in [0.29, 0.717) is 28.9 Å². The summed E-state index contributed by atoms with van der Waals surface area (Å²) in [5.41, 5.74) is 6.58. The fraction of sp³-hybridized carbons (Fsp3) is 0.381. The molecule has 4 heterocycles. The van der Waals surface area contributed by atoms with Gasteiger partial charge in [0, 0.05) is 17.3 Å². The Bertz CT molecular complexity index is 1290. The summed E-state index contributed by atoms with van der Waals surface area (Å²) in [7, 11) is 5.32. The van der Waals surface area contributed by atoms with Gasteiger partial charge in [0.2, 0.25) is 11.5 Å². The number of quaternary nitrogens is 1. The standard InChI is InChI=1S/C21H25N9O5S2/c1-30(2,8-12-7-23-10-24-12)6-4-5-11-9-36-19-14(18(32)29(19)15(11)20(33)34)25-17(31)13(27-35-3)16-26-21(22)37-28-16/h4-5,7,10,14,19H,6,8-9H2,1-3H3,(H4-,22,23,24,25,26,28,31,33,34)/b5-4+,27-13-/t14-,19-/m1/s1. The van der Waals surface area contributed by atoms with Crippen LogP contribution in [0, 0.1) is 0 Å². The van der Waals surface area contributed by atoms with Crippen LogP contribution in [0.5, 0.6) is 0 Å². The van der Waals surface area contributed by atoms with Crippen LogP contribution in [-0.2, 0) is 25.8 Å². The molecule has 1 fully saturated rings. The summed E-state index contributed by atoms with van der Waals surface area (Å²) in [6, 6.07) is -0.972. The molecule has 1 saturated heterocycles. The molecule has 37 heavy (non-hydrogen) atoms. The summed E-state index contributed by atoms with van der Waals surface area (Å²) in [6.45, 7) is 1.32. The number of nitrogens with two attached hydrogens (primary N) is 1. The molecule has 196 valence electrons. The van der Waals surface area contributed by atoms with Gasteiger partial charge in [0.15, 0.2) is 5.13 Å². The lowest BCUT2D eigenvalue weighted by Crippen LogP contribution is -2.71. The number of thioether (sulfide) groups is 1. The van der Waals surface area contributed by atoms with Gasteiger partial charge in [-0.15, -0.1) is 11.8 Å². The highest BCUT2D eigenvalue weighted by Crippen LogP contribution is 2.40. The molecule has 16 heteroatoms. The van der Waals surface area contributed by atoms with Crippen LogP contribution in [0.3, 0.4) is 0 Å². The first kappa shape index (κ1) is 26.3. The molecule has 2 atom stereocenters. The van der Waals surface area contributed by atoms with Crippen LogP contribution in [0.1, 0.15) is 11.5 Å². The number of carbonyl (C=O) groups excluding carboxylic acids is 3. The number of anilines is 1. The van der Waals surface area contributed by atoms with Gasteiger partial charge >= 0.3 is 0 Å². The Morgan fingerprint density at radius 2 is 2.24 bits per heavy atom. The molecule has 0 aromatic carbocycles. The Morgan fingerprint density at radius 3 is 2.86 bits per heavy atom. The number of fused-ring (bicyclic) bond motifs is 1. The van der Waals surface area contributed by atoms with Crippen LogP contribution in [0.25, 0.3) is 0 Å². The summed E-state index contributed by atoms with van der Waals surface area (Å²) < 4.78 is 4.55. The number of nitrogens with one attached hydrogen (secondary N) is 2. The number of carboxylic acid groups (broad SMARTS) is 1. The van der Waals surface area contributed by atoms with E-state index in [4.69, 9.17) is 10.6 Å². The van der Waals surface area contributed by atoms with Crippen molar-refractivity contribution in [1.82, 2.24) is 29.5 Å². The molecule has 0 spiro atoms. The maximum Gasteiger partial charge on any atom is 0.278 e. The molecule has 0 unspecified atom stereocenters. The number of aromatic nitrogens is 4. The number of amides is 2. The number of rotatable bonds is 10. The summed E-state index contributed by atoms with van der Waals surface area (Å²) in [4.78, 5) is 54.6. The molecule has 2 aliphatic heterocycles. The van der Waals surface area contributed by atoms with Crippen molar-refractivity contribution in [2.45, 2.75) is 18.0 Å². The zero-order chi connectivity index (χ0) is 26.7. The largest absolute Gasteiger partial charge is 0.543 e. The van der Waals surface area contributed by atoms with Gasteiger partial charge in [-0.2, -0.15) is 9.36 Å². The van der Waals surface area contributed by atoms with Crippen molar-refractivity contribution in [3.63, 3.8) is 0 Å². The second-order valence-electron chi connectivity index (χ2n) is 8.86. The number of H-pyrrole nitrogens is 1. The summed E-state index contributed by atoms with van der Waals surface area (Å²) >= 11 is 2.21. The van der Waals surface area contributed by atoms with E-state index in [2.05, 4.69) is 29.8 Å². The third-order valence-electron chi connectivity index (χ3n) is 5.60. The first-order valence-corrected chi connectivity index (χ1v) is 12.8. The Kier molecular flexibility index (Phi) is 7.60. The van der Waals surface area contributed by atoms with Crippen molar-refractivity contribution in [1.29, 1.82) is 0 Å². The normalized spacial score (nSPS) is 20.1. The molecule has 14 nitrogen and oxygen atoms in total. The van der Waals surface area contributed by atoms with Crippen LogP contribution in [0.2, 0.25) is 0 Å². The van der Waals surface area contributed by atoms with Gasteiger partial charge < -0.3 is 35.3 Å². The van der Waals surface area contributed by atoms with Crippen molar-refractivity contribution >= 4 is 51.9 Å². The van der Waals surface area contributed by atoms with Gasteiger partial charge in [0.25, 0.3) is 11.8 Å². The average Bonchev–Trinajstić information content (AvgIpc) is 3.51. The number of hydrogen-bond acceptors (Lipinski definition) is 12. The highest BCUT2D eigenvalue weighted by atomic mass is 32.2. The highest BCUT2D eigenvalue weighted by molar-refractivity contribution is 8.00. The number of aromatic amines is 1. The summed E-state index contributed by atoms with van der Waals surface area (Å²) in [6.07, 6.45) is 6.96. The average molecular weight is 548 g/mol. The second kappa shape index (κ2) is 10.7. The third kappa shape index (κ3) is 5.65. The molecular formula is C21H25N9O5S2. The number of carbonyl (C=O) groups is 3. The molecule has 2 aromatic rings. The predicted molar refractivity (Wildman–Crippen MR) is 133 cm³/mol. The Labute approximate surface area is 220 Å². The molecule has 4 rings (SSSR count). The molecule has 0 bridgehead atoms. The smallest absolute Gasteiger partial charge is 0.278 e. The Balaban J connectivity index is 1.46. The minimum atomic E-state index is -1.46. The molecule has 2 amide bonds. The Hall–Kier alpha value is -3.76. The monoisotopic (exact) mass is 547 g/mol. The van der Waals surface area contributed by atoms with Gasteiger partial charge in [-0.25, -0.2) is 4.98 Å². The van der Waals surface area contributed by atoms with E-state index in [1.165, 1.54) is 18.9 Å². The molecule has 0 aliphatic carbocycles. The van der Waals surface area contributed by atoms with E-state index in [-0.39, 0.29) is 22.4 Å². The van der Waals surface area contributed by atoms with Crippen LogP contribution in [0.15, 0.2) is 41.1 Å². The summed E-state index contributed by atoms with van der Waals surface area (Å²) in [5.74, 6) is -2.51. The maximum atomic E-state index is 12.9. The molecule has 2 aliphatic rings. The van der Waals surface area contributed by atoms with E-state index in [9.17, 15) is 19.5 Å². The van der Waals surface area contributed by atoms with Gasteiger partial charge in [-0.05, 0) is 11.6 Å². The SMILES string of the molecule is CO/N=C(\C(=O)N[C@@H]1C(=O)N2C(C(=O)[O-])=C(/C=C/C[N+](C)(C)Cc3cnc[nH]3)CS[C@H]12)c1nsc(N)n1. The fourth-order valence-corrected chi connectivity index (χ4v) is 5.71. The van der Waals surface area contributed by atoms with Crippen LogP contribution in [-0.4, -0.2) is 97.1 Å². The van der Waals surface area contributed by atoms with Crippen molar-refractivity contribution in [3.8, 4) is 0 Å². The van der Waals surface area contributed by atoms with Gasteiger partial charge in [0.05, 0.1) is 50.5 Å². The van der Waals surface area contributed by atoms with Crippen LogP contribution >= 0.6 is 23.3 Å². The van der Waals surface area contributed by atoms with E-state index in [1.54, 1.807) is 18.6 Å². The number of carboxylic acids is 1. The second-order valence-corrected chi connectivity index (χ2v) is 10.7. The lowest BCUT2D eigenvalue weighted by molar-refractivity contribution is -0.898. The Morgan fingerprint density at radius 1 is 1.46 bits per heavy atom. The molecule has 4 N–H and O–H groups in total. The van der Waals surface area contributed by atoms with E-state index < -0.39 is 29.2 Å². The van der Waals surface area contributed by atoms with Crippen LogP contribution < -0.4 is 16.2 Å². The molecule has 0 saturated carbocycles. The molecule has 2 aromatic heterocycles. The number of nitrogens with zero attached hydrogens (tertiary/aromatic N) is 6. The number of hydrogen-bond donors (Lipinski definition) is 3. The minimum Gasteiger partial charge on any atom is -0.543 e. The van der Waals surface area contributed by atoms with Crippen molar-refractivity contribution in [2.24, 2.45) is 5.16 Å². The van der Waals surface area contributed by atoms with E-state index in [0.717, 1.165) is 22.1 Å². The highest BCUT2D eigenvalue weighted by Gasteiger charge is 2.53. The van der Waals surface area contributed by atoms with Crippen LogP contribution in [0.4, 0.5) is 5.13 Å². The van der Waals surface area contributed by atoms with E-state index in [1.807, 2.05) is 20.2 Å². The number of imidazole rings is 1. The van der Waals surface area contributed by atoms with Gasteiger partial charge in [-0.1, -0.05) is 11.2 Å². The van der Waals surface area contributed by atoms with E-state index >= 15 is 0 Å². The third-order valence-corrected chi connectivity index (χ3v) is 7.45. The zero-order valence-electron chi connectivity index (χ0n) is 20.2. The minimum absolute atomic E-state index is 0.0432. The fourth-order valence-electron chi connectivity index (χ4n) is 3.95. The number of nitrogen functional groups attached to an aromatic ring is 1. The number of aliphatic carboxylic acids is 1. The van der Waals surface area contributed by atoms with Crippen molar-refractivity contribution in [3.05, 3.63) is 47.5 Å². The van der Waals surface area contributed by atoms with Gasteiger partial charge in [0.1, 0.15) is 25.1 Å². The number of allylic oxidation sites excluding steroid dienone is 1. The quantitative estimate of drug-likeness (QED) is 0.135. The van der Waals surface area contributed by atoms with Gasteiger partial charge in [-0.3, -0.25) is 14.5 Å². The summed E-state index contributed by atoms with van der Waals surface area (Å²) in [5, 5.41) is 17.7. The maximum absolute atomic E-state index is 12.9. The molecular weight excluding hydrogens is 522 g/mol. The first-order chi connectivity index (χ1) is 17.6. The first-order valence-electron chi connectivity index (χ1n) is 11.0.